The zero-order chi connectivity index (χ0) is 13.2. The van der Waals surface area contributed by atoms with Crippen molar-refractivity contribution < 1.29 is 9.63 Å². The molecule has 0 atom stereocenters. The molecule has 3 heterocycles. The number of aromatic hydroxyl groups is 1. The lowest BCUT2D eigenvalue weighted by atomic mass is 10.3. The van der Waals surface area contributed by atoms with Crippen molar-refractivity contribution in [3.05, 3.63) is 36.3 Å². The first kappa shape index (κ1) is 11.3. The molecule has 0 aliphatic heterocycles. The van der Waals surface area contributed by atoms with Gasteiger partial charge in [0.25, 0.3) is 5.89 Å². The average Bonchev–Trinajstić information content (AvgIpc) is 2.89. The van der Waals surface area contributed by atoms with Gasteiger partial charge in [-0.05, 0) is 24.6 Å². The van der Waals surface area contributed by atoms with Gasteiger partial charge in [0, 0.05) is 18.6 Å². The molecule has 0 saturated heterocycles. The molecular formula is C12H9N5O2. The number of nitrogens with zero attached hydrogens (tertiary/aromatic N) is 5. The first-order valence-electron chi connectivity index (χ1n) is 5.51. The Morgan fingerprint density at radius 3 is 2.63 bits per heavy atom. The summed E-state index contributed by atoms with van der Waals surface area (Å²) in [4.78, 5) is 16.3. The van der Waals surface area contributed by atoms with Crippen LogP contribution < -0.4 is 0 Å². The van der Waals surface area contributed by atoms with Crippen molar-refractivity contribution in [1.29, 1.82) is 0 Å². The number of rotatable bonds is 2. The van der Waals surface area contributed by atoms with Gasteiger partial charge in [-0.15, -0.1) is 0 Å². The molecule has 3 rings (SSSR count). The van der Waals surface area contributed by atoms with Crippen molar-refractivity contribution in [1.82, 2.24) is 25.1 Å². The normalized spacial score (nSPS) is 10.6. The minimum Gasteiger partial charge on any atom is -0.505 e. The van der Waals surface area contributed by atoms with Crippen LogP contribution in [0.2, 0.25) is 0 Å². The van der Waals surface area contributed by atoms with Gasteiger partial charge in [-0.1, -0.05) is 5.16 Å². The van der Waals surface area contributed by atoms with Crippen LogP contribution in [-0.2, 0) is 0 Å². The predicted molar refractivity (Wildman–Crippen MR) is 65.0 cm³/mol. The van der Waals surface area contributed by atoms with Crippen LogP contribution in [0, 0.1) is 6.92 Å². The van der Waals surface area contributed by atoms with E-state index in [1.165, 1.54) is 12.3 Å². The fourth-order valence-electron chi connectivity index (χ4n) is 1.48. The number of aryl methyl sites for hydroxylation is 1. The maximum atomic E-state index is 9.66. The van der Waals surface area contributed by atoms with Crippen LogP contribution >= 0.6 is 0 Å². The third-order valence-corrected chi connectivity index (χ3v) is 2.40. The molecule has 0 bridgehead atoms. The van der Waals surface area contributed by atoms with E-state index in [1.807, 2.05) is 6.92 Å². The lowest BCUT2D eigenvalue weighted by Gasteiger charge is -1.95. The van der Waals surface area contributed by atoms with Gasteiger partial charge in [-0.3, -0.25) is 0 Å². The van der Waals surface area contributed by atoms with E-state index in [2.05, 4.69) is 25.1 Å². The van der Waals surface area contributed by atoms with Crippen LogP contribution in [0.4, 0.5) is 0 Å². The van der Waals surface area contributed by atoms with Gasteiger partial charge in [0.05, 0.1) is 0 Å². The molecule has 0 saturated carbocycles. The summed E-state index contributed by atoms with van der Waals surface area (Å²) in [6, 6.07) is 3.10. The smallest absolute Gasteiger partial charge is 0.280 e. The van der Waals surface area contributed by atoms with E-state index < -0.39 is 0 Å². The third kappa shape index (κ3) is 2.13. The summed E-state index contributed by atoms with van der Waals surface area (Å²) in [6.45, 7) is 1.89. The Balaban J connectivity index is 2.00. The van der Waals surface area contributed by atoms with Gasteiger partial charge in [-0.2, -0.15) is 4.98 Å². The monoisotopic (exact) mass is 255 g/mol. The van der Waals surface area contributed by atoms with E-state index in [1.54, 1.807) is 18.5 Å². The Morgan fingerprint density at radius 2 is 1.89 bits per heavy atom. The first-order chi connectivity index (χ1) is 9.24. The van der Waals surface area contributed by atoms with Gasteiger partial charge in [0.2, 0.25) is 11.6 Å². The summed E-state index contributed by atoms with van der Waals surface area (Å²) in [6.07, 6.45) is 4.86. The minimum absolute atomic E-state index is 0.0254. The Morgan fingerprint density at radius 1 is 1.11 bits per heavy atom. The number of hydrogen-bond acceptors (Lipinski definition) is 7. The maximum absolute atomic E-state index is 9.66. The molecule has 3 aromatic heterocycles. The largest absolute Gasteiger partial charge is 0.505 e. The molecule has 3 aromatic rings. The van der Waals surface area contributed by atoms with Crippen LogP contribution in [0.15, 0.2) is 35.2 Å². The summed E-state index contributed by atoms with van der Waals surface area (Å²) in [5.41, 5.74) is 1.17. The van der Waals surface area contributed by atoms with Crippen molar-refractivity contribution in [3.8, 4) is 29.0 Å². The SMILES string of the molecule is Cc1cnc(-c2noc(-c3ncccc3O)n2)nc1. The van der Waals surface area contributed by atoms with E-state index in [-0.39, 0.29) is 23.2 Å². The van der Waals surface area contributed by atoms with Crippen molar-refractivity contribution in [2.24, 2.45) is 0 Å². The van der Waals surface area contributed by atoms with Gasteiger partial charge < -0.3 is 9.63 Å². The zero-order valence-corrected chi connectivity index (χ0v) is 9.98. The van der Waals surface area contributed by atoms with Gasteiger partial charge in [-0.25, -0.2) is 15.0 Å². The molecule has 0 unspecified atom stereocenters. The number of hydrogen-bond donors (Lipinski definition) is 1. The summed E-state index contributed by atoms with van der Waals surface area (Å²) in [7, 11) is 0. The van der Waals surface area contributed by atoms with Crippen molar-refractivity contribution in [2.45, 2.75) is 6.92 Å². The third-order valence-electron chi connectivity index (χ3n) is 2.40. The van der Waals surface area contributed by atoms with Crippen molar-refractivity contribution in [2.75, 3.05) is 0 Å². The molecular weight excluding hydrogens is 246 g/mol. The second kappa shape index (κ2) is 4.45. The van der Waals surface area contributed by atoms with Crippen LogP contribution in [-0.4, -0.2) is 30.2 Å². The van der Waals surface area contributed by atoms with Crippen molar-refractivity contribution in [3.63, 3.8) is 0 Å². The van der Waals surface area contributed by atoms with Gasteiger partial charge in [0.15, 0.2) is 5.69 Å². The van der Waals surface area contributed by atoms with Crippen LogP contribution in [0.1, 0.15) is 5.56 Å². The van der Waals surface area contributed by atoms with Crippen LogP contribution in [0.5, 0.6) is 5.75 Å². The van der Waals surface area contributed by atoms with Gasteiger partial charge >= 0.3 is 0 Å². The summed E-state index contributed by atoms with van der Waals surface area (Å²) in [5.74, 6) is 0.705. The standard InChI is InChI=1S/C12H9N5O2/c1-7-5-14-10(15-6-7)11-16-12(19-17-11)9-8(18)3-2-4-13-9/h2-6,18H,1H3. The molecule has 19 heavy (non-hydrogen) atoms. The molecule has 0 fully saturated rings. The highest BCUT2D eigenvalue weighted by molar-refractivity contribution is 5.58. The topological polar surface area (TPSA) is 97.8 Å². The number of pyridine rings is 1. The minimum atomic E-state index is -0.0254. The Hall–Kier alpha value is -2.83. The average molecular weight is 255 g/mol. The summed E-state index contributed by atoms with van der Waals surface area (Å²) in [5, 5.41) is 13.4. The molecule has 1 N–H and O–H groups in total. The summed E-state index contributed by atoms with van der Waals surface area (Å²) < 4.78 is 5.05. The van der Waals surface area contributed by atoms with E-state index >= 15 is 0 Å². The van der Waals surface area contributed by atoms with E-state index in [0.29, 0.717) is 5.82 Å². The lowest BCUT2D eigenvalue weighted by Crippen LogP contribution is -1.91. The highest BCUT2D eigenvalue weighted by Crippen LogP contribution is 2.25. The van der Waals surface area contributed by atoms with Gasteiger partial charge in [0.1, 0.15) is 5.75 Å². The molecule has 0 spiro atoms. The number of aromatic nitrogens is 5. The predicted octanol–water partition coefficient (Wildman–Crippen LogP) is 1.60. The van der Waals surface area contributed by atoms with E-state index in [0.717, 1.165) is 5.56 Å². The second-order valence-electron chi connectivity index (χ2n) is 3.88. The highest BCUT2D eigenvalue weighted by atomic mass is 16.5. The summed E-state index contributed by atoms with van der Waals surface area (Å²) >= 11 is 0. The van der Waals surface area contributed by atoms with Crippen LogP contribution in [0.3, 0.4) is 0 Å². The van der Waals surface area contributed by atoms with E-state index in [9.17, 15) is 5.11 Å². The fraction of sp³-hybridized carbons (Fsp3) is 0.0833. The van der Waals surface area contributed by atoms with E-state index in [4.69, 9.17) is 4.52 Å². The maximum Gasteiger partial charge on any atom is 0.280 e. The zero-order valence-electron chi connectivity index (χ0n) is 9.98. The Labute approximate surface area is 108 Å². The molecule has 94 valence electrons. The molecule has 0 amide bonds. The molecule has 7 heteroatoms. The quantitative estimate of drug-likeness (QED) is 0.742. The van der Waals surface area contributed by atoms with Crippen molar-refractivity contribution >= 4 is 0 Å². The fourth-order valence-corrected chi connectivity index (χ4v) is 1.48. The molecule has 0 aliphatic carbocycles. The molecule has 7 nitrogen and oxygen atoms in total. The van der Waals surface area contributed by atoms with Crippen LogP contribution in [0.25, 0.3) is 23.2 Å². The first-order valence-corrected chi connectivity index (χ1v) is 5.51. The molecule has 0 aliphatic rings. The molecule has 0 radical (unpaired) electrons. The second-order valence-corrected chi connectivity index (χ2v) is 3.88. The Kier molecular flexibility index (Phi) is 2.64. The lowest BCUT2D eigenvalue weighted by molar-refractivity contribution is 0.423. The Bertz CT molecular complexity index is 708. The highest BCUT2D eigenvalue weighted by Gasteiger charge is 2.16. The molecule has 0 aromatic carbocycles.